The van der Waals surface area contributed by atoms with E-state index in [1.165, 1.54) is 0 Å². The highest BCUT2D eigenvalue weighted by Crippen LogP contribution is 2.31. The molecule has 2 aromatic rings. The summed E-state index contributed by atoms with van der Waals surface area (Å²) in [6, 6.07) is 7.93. The maximum atomic E-state index is 6.26. The van der Waals surface area contributed by atoms with Crippen molar-refractivity contribution in [3.63, 3.8) is 0 Å². The third-order valence-corrected chi connectivity index (χ3v) is 4.39. The Morgan fingerprint density at radius 1 is 1.41 bits per heavy atom. The molecule has 1 fully saturated rings. The first kappa shape index (κ1) is 15.5. The van der Waals surface area contributed by atoms with Crippen molar-refractivity contribution in [3.8, 4) is 0 Å². The molecular weight excluding hydrogens is 300 g/mol. The second kappa shape index (κ2) is 6.82. The van der Waals surface area contributed by atoms with Crippen molar-refractivity contribution in [1.29, 1.82) is 0 Å². The molecule has 1 aromatic heterocycles. The topological polar surface area (TPSA) is 36.3 Å². The van der Waals surface area contributed by atoms with E-state index < -0.39 is 5.79 Å². The van der Waals surface area contributed by atoms with Crippen LogP contribution in [0.15, 0.2) is 43.0 Å². The Morgan fingerprint density at radius 3 is 3.00 bits per heavy atom. The zero-order valence-corrected chi connectivity index (χ0v) is 13.5. The summed E-state index contributed by atoms with van der Waals surface area (Å²) >= 11 is 6.26. The van der Waals surface area contributed by atoms with Crippen LogP contribution in [0.5, 0.6) is 0 Å². The Morgan fingerprint density at radius 2 is 2.27 bits per heavy atom. The number of benzene rings is 1. The van der Waals surface area contributed by atoms with Crippen LogP contribution in [0.2, 0.25) is 5.02 Å². The molecule has 0 radical (unpaired) electrons. The van der Waals surface area contributed by atoms with E-state index in [1.807, 2.05) is 29.0 Å². The number of aromatic nitrogens is 2. The summed E-state index contributed by atoms with van der Waals surface area (Å²) in [5.41, 5.74) is 1.12. The normalized spacial score (nSPS) is 25.3. The van der Waals surface area contributed by atoms with Gasteiger partial charge in [0, 0.05) is 23.8 Å². The first-order valence-corrected chi connectivity index (χ1v) is 8.06. The van der Waals surface area contributed by atoms with Crippen LogP contribution >= 0.6 is 11.6 Å². The zero-order valence-electron chi connectivity index (χ0n) is 12.7. The van der Waals surface area contributed by atoms with Gasteiger partial charge in [0.2, 0.25) is 0 Å². The van der Waals surface area contributed by atoms with Gasteiger partial charge >= 0.3 is 0 Å². The van der Waals surface area contributed by atoms with Gasteiger partial charge in [-0.05, 0) is 31.4 Å². The number of rotatable bonds is 5. The third kappa shape index (κ3) is 3.69. The minimum Gasteiger partial charge on any atom is -0.348 e. The van der Waals surface area contributed by atoms with Crippen molar-refractivity contribution in [2.45, 2.75) is 44.6 Å². The molecule has 1 aromatic carbocycles. The molecule has 5 heteroatoms. The zero-order chi connectivity index (χ0) is 15.4. The van der Waals surface area contributed by atoms with E-state index in [-0.39, 0.29) is 6.10 Å². The van der Waals surface area contributed by atoms with Crippen molar-refractivity contribution >= 4 is 11.6 Å². The Bertz CT molecular complexity index is 602. The Balaban J connectivity index is 1.75. The molecule has 0 bridgehead atoms. The number of aryl methyl sites for hydroxylation is 1. The van der Waals surface area contributed by atoms with Gasteiger partial charge in [-0.15, -0.1) is 0 Å². The fourth-order valence-corrected chi connectivity index (χ4v) is 3.08. The molecule has 0 aliphatic carbocycles. The van der Waals surface area contributed by atoms with Gasteiger partial charge in [-0.3, -0.25) is 0 Å². The average molecular weight is 321 g/mol. The van der Waals surface area contributed by atoms with E-state index in [2.05, 4.69) is 18.0 Å². The maximum Gasteiger partial charge on any atom is 0.186 e. The van der Waals surface area contributed by atoms with Crippen LogP contribution < -0.4 is 0 Å². The van der Waals surface area contributed by atoms with Crippen LogP contribution in [-0.4, -0.2) is 28.0 Å². The van der Waals surface area contributed by atoms with Crippen molar-refractivity contribution in [1.82, 2.24) is 9.55 Å². The van der Waals surface area contributed by atoms with Crippen LogP contribution in [0.25, 0.3) is 0 Å². The molecule has 0 spiro atoms. The molecule has 1 aliphatic heterocycles. The summed E-state index contributed by atoms with van der Waals surface area (Å²) in [5, 5.41) is 0.795. The number of nitrogens with zero attached hydrogens (tertiary/aromatic N) is 2. The van der Waals surface area contributed by atoms with Crippen LogP contribution in [0, 0.1) is 0 Å². The number of hydrogen-bond acceptors (Lipinski definition) is 3. The predicted octanol–water partition coefficient (Wildman–Crippen LogP) is 3.69. The number of hydrogen-bond donors (Lipinski definition) is 0. The first-order valence-electron chi connectivity index (χ1n) is 7.68. The number of imidazole rings is 1. The molecule has 0 N–H and O–H groups in total. The highest BCUT2D eigenvalue weighted by atomic mass is 35.5. The molecule has 2 atom stereocenters. The van der Waals surface area contributed by atoms with Gasteiger partial charge in [0.1, 0.15) is 0 Å². The molecular formula is C17H21ClN2O2. The fraction of sp³-hybridized carbons (Fsp3) is 0.471. The van der Waals surface area contributed by atoms with Crippen LogP contribution in [0.4, 0.5) is 0 Å². The van der Waals surface area contributed by atoms with Gasteiger partial charge in [-0.25, -0.2) is 4.98 Å². The van der Waals surface area contributed by atoms with Gasteiger partial charge < -0.3 is 14.0 Å². The van der Waals surface area contributed by atoms with E-state index in [0.29, 0.717) is 6.54 Å². The van der Waals surface area contributed by atoms with Crippen molar-refractivity contribution in [2.75, 3.05) is 6.61 Å². The van der Waals surface area contributed by atoms with Crippen molar-refractivity contribution in [3.05, 3.63) is 53.6 Å². The molecule has 0 amide bonds. The van der Waals surface area contributed by atoms with Gasteiger partial charge in [-0.2, -0.15) is 0 Å². The average Bonchev–Trinajstić information content (AvgIpc) is 2.99. The minimum absolute atomic E-state index is 0.198. The molecule has 2 heterocycles. The molecule has 3 rings (SSSR count). The lowest BCUT2D eigenvalue weighted by Crippen LogP contribution is -2.47. The quantitative estimate of drug-likeness (QED) is 0.843. The molecule has 4 nitrogen and oxygen atoms in total. The molecule has 1 saturated heterocycles. The molecule has 2 unspecified atom stereocenters. The largest absolute Gasteiger partial charge is 0.348 e. The Kier molecular flexibility index (Phi) is 4.81. The molecule has 22 heavy (non-hydrogen) atoms. The van der Waals surface area contributed by atoms with E-state index in [0.717, 1.165) is 36.5 Å². The number of halogens is 1. The lowest BCUT2D eigenvalue weighted by Gasteiger charge is -2.40. The van der Waals surface area contributed by atoms with E-state index in [4.69, 9.17) is 21.1 Å². The van der Waals surface area contributed by atoms with Crippen LogP contribution in [0.3, 0.4) is 0 Å². The monoisotopic (exact) mass is 320 g/mol. The SMILES string of the molecule is CC1CCOC(CCc2ccccc2Cl)(Cn2ccnc2)O1. The molecule has 118 valence electrons. The van der Waals surface area contributed by atoms with Gasteiger partial charge in [-0.1, -0.05) is 29.8 Å². The van der Waals surface area contributed by atoms with Crippen molar-refractivity contribution in [2.24, 2.45) is 0 Å². The van der Waals surface area contributed by atoms with Crippen LogP contribution in [-0.2, 0) is 22.4 Å². The van der Waals surface area contributed by atoms with E-state index in [1.54, 1.807) is 12.5 Å². The highest BCUT2D eigenvalue weighted by Gasteiger charge is 2.37. The van der Waals surface area contributed by atoms with Gasteiger partial charge in [0.05, 0.1) is 25.6 Å². The van der Waals surface area contributed by atoms with Gasteiger partial charge in [0.25, 0.3) is 0 Å². The summed E-state index contributed by atoms with van der Waals surface area (Å²) in [4.78, 5) is 4.10. The first-order chi connectivity index (χ1) is 10.7. The Hall–Kier alpha value is -1.36. The van der Waals surface area contributed by atoms with Gasteiger partial charge in [0.15, 0.2) is 5.79 Å². The smallest absolute Gasteiger partial charge is 0.186 e. The van der Waals surface area contributed by atoms with E-state index in [9.17, 15) is 0 Å². The maximum absolute atomic E-state index is 6.26. The fourth-order valence-electron chi connectivity index (χ4n) is 2.85. The van der Waals surface area contributed by atoms with Crippen LogP contribution in [0.1, 0.15) is 25.3 Å². The lowest BCUT2D eigenvalue weighted by molar-refractivity contribution is -0.298. The summed E-state index contributed by atoms with van der Waals surface area (Å²) in [6.45, 7) is 3.46. The molecule has 1 aliphatic rings. The highest BCUT2D eigenvalue weighted by molar-refractivity contribution is 6.31. The van der Waals surface area contributed by atoms with E-state index >= 15 is 0 Å². The summed E-state index contributed by atoms with van der Waals surface area (Å²) < 4.78 is 14.3. The second-order valence-electron chi connectivity index (χ2n) is 5.80. The third-order valence-electron chi connectivity index (χ3n) is 4.02. The minimum atomic E-state index is -0.614. The Labute approximate surface area is 136 Å². The predicted molar refractivity (Wildman–Crippen MR) is 85.8 cm³/mol. The summed E-state index contributed by atoms with van der Waals surface area (Å²) in [5.74, 6) is -0.614. The standard InChI is InChI=1S/C17H21ClN2O2/c1-14-7-11-21-17(22-14,12-20-10-9-19-13-20)8-6-15-4-2-3-5-16(15)18/h2-5,9-10,13-14H,6-8,11-12H2,1H3. The second-order valence-corrected chi connectivity index (χ2v) is 6.21. The number of ether oxygens (including phenoxy) is 2. The summed E-state index contributed by atoms with van der Waals surface area (Å²) in [6.07, 6.45) is 8.21. The van der Waals surface area contributed by atoms with Crippen molar-refractivity contribution < 1.29 is 9.47 Å². The summed E-state index contributed by atoms with van der Waals surface area (Å²) in [7, 11) is 0. The molecule has 0 saturated carbocycles. The lowest BCUT2D eigenvalue weighted by atomic mass is 10.0.